The van der Waals surface area contributed by atoms with Crippen molar-refractivity contribution in [1.29, 1.82) is 0 Å². The Balaban J connectivity index is 1.49. The molecule has 1 aromatic rings. The Bertz CT molecular complexity index is 610. The number of ether oxygens (including phenoxy) is 1. The molecule has 3 rings (SSSR count). The highest BCUT2D eigenvalue weighted by Crippen LogP contribution is 2.26. The van der Waals surface area contributed by atoms with Gasteiger partial charge in [-0.15, -0.1) is 0 Å². The summed E-state index contributed by atoms with van der Waals surface area (Å²) in [4.78, 5) is 7.06. The lowest BCUT2D eigenvalue weighted by Gasteiger charge is -2.24. The van der Waals surface area contributed by atoms with Crippen molar-refractivity contribution in [2.24, 2.45) is 4.99 Å². The largest absolute Gasteiger partial charge is 0.489 e. The molecule has 1 aromatic carbocycles. The monoisotopic (exact) mass is 356 g/mol. The Labute approximate surface area is 157 Å². The van der Waals surface area contributed by atoms with Crippen LogP contribution >= 0.6 is 0 Å². The Hall–Kier alpha value is -2.01. The first-order chi connectivity index (χ1) is 12.8. The minimum atomic E-state index is 0.481. The number of hydrogen-bond donors (Lipinski definition) is 2. The maximum absolute atomic E-state index is 5.73. The van der Waals surface area contributed by atoms with Crippen molar-refractivity contribution in [2.45, 2.75) is 50.7 Å². The molecule has 2 fully saturated rings. The van der Waals surface area contributed by atoms with Crippen LogP contribution in [0.4, 0.5) is 0 Å². The second-order valence-corrected chi connectivity index (χ2v) is 7.20. The summed E-state index contributed by atoms with van der Waals surface area (Å²) in [5, 5.41) is 7.02. The quantitative estimate of drug-likeness (QED) is 0.448. The second-order valence-electron chi connectivity index (χ2n) is 7.20. The number of para-hydroxylation sites is 1. The highest BCUT2D eigenvalue weighted by Gasteiger charge is 2.30. The lowest BCUT2D eigenvalue weighted by atomic mass is 10.2. The van der Waals surface area contributed by atoms with Crippen molar-refractivity contribution in [3.8, 4) is 5.75 Å². The molecule has 0 spiro atoms. The van der Waals surface area contributed by atoms with Crippen LogP contribution in [0.25, 0.3) is 0 Å². The molecule has 1 atom stereocenters. The normalized spacial score (nSPS) is 21.7. The summed E-state index contributed by atoms with van der Waals surface area (Å²) in [7, 11) is 1.83. The van der Waals surface area contributed by atoms with E-state index >= 15 is 0 Å². The predicted molar refractivity (Wildman–Crippen MR) is 108 cm³/mol. The molecule has 0 aromatic heterocycles. The Morgan fingerprint density at radius 3 is 2.88 bits per heavy atom. The number of rotatable bonds is 7. The summed E-state index contributed by atoms with van der Waals surface area (Å²) < 4.78 is 5.73. The van der Waals surface area contributed by atoms with Crippen LogP contribution in [-0.2, 0) is 6.54 Å². The maximum atomic E-state index is 5.73. The molecule has 0 amide bonds. The standard InChI is InChI=1S/C21H32N4O/c1-3-14-26-20-11-7-4-8-17(20)15-23-21(22-2)24-18-12-13-25(16-18)19-9-5-6-10-19/h3-4,7-8,11,18-19H,1,5-6,9-10,12-16H2,2H3,(H2,22,23,24). The van der Waals surface area contributed by atoms with Gasteiger partial charge in [-0.2, -0.15) is 0 Å². The first-order valence-electron chi connectivity index (χ1n) is 9.83. The fourth-order valence-corrected chi connectivity index (χ4v) is 4.01. The molecule has 2 N–H and O–H groups in total. The van der Waals surface area contributed by atoms with Crippen LogP contribution in [-0.4, -0.2) is 49.7 Å². The predicted octanol–water partition coefficient (Wildman–Crippen LogP) is 2.93. The van der Waals surface area contributed by atoms with Crippen molar-refractivity contribution in [3.05, 3.63) is 42.5 Å². The zero-order chi connectivity index (χ0) is 18.2. The highest BCUT2D eigenvalue weighted by molar-refractivity contribution is 5.80. The topological polar surface area (TPSA) is 48.9 Å². The minimum absolute atomic E-state index is 0.481. The molecule has 1 aliphatic heterocycles. The number of guanidine groups is 1. The third kappa shape index (κ3) is 5.01. The average Bonchev–Trinajstić information content (AvgIpc) is 3.35. The van der Waals surface area contributed by atoms with Crippen LogP contribution < -0.4 is 15.4 Å². The number of benzene rings is 1. The van der Waals surface area contributed by atoms with Crippen molar-refractivity contribution in [2.75, 3.05) is 26.7 Å². The van der Waals surface area contributed by atoms with Crippen molar-refractivity contribution < 1.29 is 4.74 Å². The summed E-state index contributed by atoms with van der Waals surface area (Å²) in [6, 6.07) is 9.39. The molecular formula is C21H32N4O. The van der Waals surface area contributed by atoms with E-state index in [4.69, 9.17) is 4.74 Å². The number of nitrogens with one attached hydrogen (secondary N) is 2. The van der Waals surface area contributed by atoms with E-state index in [1.807, 2.05) is 25.2 Å². The van der Waals surface area contributed by atoms with Gasteiger partial charge in [-0.1, -0.05) is 43.7 Å². The number of nitrogens with zero attached hydrogens (tertiary/aromatic N) is 2. The zero-order valence-electron chi connectivity index (χ0n) is 15.9. The summed E-state index contributed by atoms with van der Waals surface area (Å²) in [6.45, 7) is 7.25. The van der Waals surface area contributed by atoms with Gasteiger partial charge in [0.05, 0.1) is 0 Å². The van der Waals surface area contributed by atoms with Crippen molar-refractivity contribution in [3.63, 3.8) is 0 Å². The zero-order valence-corrected chi connectivity index (χ0v) is 15.9. The molecule has 0 radical (unpaired) electrons. The van der Waals surface area contributed by atoms with E-state index in [9.17, 15) is 0 Å². The van der Waals surface area contributed by atoms with Crippen LogP contribution in [0.1, 0.15) is 37.7 Å². The first kappa shape index (κ1) is 18.8. The number of likely N-dealkylation sites (tertiary alicyclic amines) is 1. The van der Waals surface area contributed by atoms with E-state index in [2.05, 4.69) is 33.2 Å². The summed E-state index contributed by atoms with van der Waals surface area (Å²) >= 11 is 0. The average molecular weight is 357 g/mol. The Kier molecular flexibility index (Phi) is 6.95. The summed E-state index contributed by atoms with van der Waals surface area (Å²) in [5.74, 6) is 1.76. The third-order valence-corrected chi connectivity index (χ3v) is 5.40. The van der Waals surface area contributed by atoms with E-state index in [0.717, 1.165) is 29.9 Å². The molecule has 1 saturated carbocycles. The van der Waals surface area contributed by atoms with E-state index in [-0.39, 0.29) is 0 Å². The fraction of sp³-hybridized carbons (Fsp3) is 0.571. The maximum Gasteiger partial charge on any atom is 0.191 e. The van der Waals surface area contributed by atoms with Crippen LogP contribution in [0.5, 0.6) is 5.75 Å². The fourth-order valence-electron chi connectivity index (χ4n) is 4.01. The van der Waals surface area contributed by atoms with Gasteiger partial charge in [-0.25, -0.2) is 0 Å². The van der Waals surface area contributed by atoms with Gasteiger partial charge in [-0.3, -0.25) is 9.89 Å². The molecular weight excluding hydrogens is 324 g/mol. The van der Waals surface area contributed by atoms with E-state index in [1.54, 1.807) is 6.08 Å². The SMILES string of the molecule is C=CCOc1ccccc1CNC(=NC)NC1CCN(C2CCCC2)C1. The molecule has 2 aliphatic rings. The highest BCUT2D eigenvalue weighted by atomic mass is 16.5. The van der Waals surface area contributed by atoms with Crippen LogP contribution in [0.3, 0.4) is 0 Å². The second kappa shape index (κ2) is 9.62. The molecule has 0 bridgehead atoms. The lowest BCUT2D eigenvalue weighted by Crippen LogP contribution is -2.45. The Morgan fingerprint density at radius 2 is 2.12 bits per heavy atom. The molecule has 1 saturated heterocycles. The van der Waals surface area contributed by atoms with Gasteiger partial charge in [-0.05, 0) is 25.3 Å². The van der Waals surface area contributed by atoms with Crippen LogP contribution in [0.15, 0.2) is 41.9 Å². The van der Waals surface area contributed by atoms with Gasteiger partial charge in [0.25, 0.3) is 0 Å². The third-order valence-electron chi connectivity index (χ3n) is 5.40. The molecule has 5 nitrogen and oxygen atoms in total. The van der Waals surface area contributed by atoms with Gasteiger partial charge < -0.3 is 15.4 Å². The van der Waals surface area contributed by atoms with Crippen molar-refractivity contribution >= 4 is 5.96 Å². The van der Waals surface area contributed by atoms with Crippen LogP contribution in [0, 0.1) is 0 Å². The molecule has 26 heavy (non-hydrogen) atoms. The molecule has 1 heterocycles. The molecule has 1 aliphatic carbocycles. The minimum Gasteiger partial charge on any atom is -0.489 e. The molecule has 5 heteroatoms. The lowest BCUT2D eigenvalue weighted by molar-refractivity contribution is 0.242. The summed E-state index contributed by atoms with van der Waals surface area (Å²) in [5.41, 5.74) is 1.12. The number of hydrogen-bond acceptors (Lipinski definition) is 3. The molecule has 1 unspecified atom stereocenters. The molecule has 142 valence electrons. The van der Waals surface area contributed by atoms with Crippen molar-refractivity contribution in [1.82, 2.24) is 15.5 Å². The first-order valence-corrected chi connectivity index (χ1v) is 9.83. The van der Waals surface area contributed by atoms with Gasteiger partial charge in [0, 0.05) is 44.3 Å². The van der Waals surface area contributed by atoms with E-state index < -0.39 is 0 Å². The summed E-state index contributed by atoms with van der Waals surface area (Å²) in [6.07, 6.45) is 8.51. The Morgan fingerprint density at radius 1 is 1.31 bits per heavy atom. The van der Waals surface area contributed by atoms with E-state index in [1.165, 1.54) is 38.6 Å². The smallest absolute Gasteiger partial charge is 0.191 e. The van der Waals surface area contributed by atoms with Gasteiger partial charge in [0.1, 0.15) is 12.4 Å². The van der Waals surface area contributed by atoms with Gasteiger partial charge in [0.2, 0.25) is 0 Å². The number of aliphatic imine (C=N–C) groups is 1. The van der Waals surface area contributed by atoms with Gasteiger partial charge in [0.15, 0.2) is 5.96 Å². The van der Waals surface area contributed by atoms with E-state index in [0.29, 0.717) is 19.2 Å². The van der Waals surface area contributed by atoms with Crippen LogP contribution in [0.2, 0.25) is 0 Å². The van der Waals surface area contributed by atoms with Gasteiger partial charge >= 0.3 is 0 Å².